The Hall–Kier alpha value is -0.640. The summed E-state index contributed by atoms with van der Waals surface area (Å²) in [4.78, 5) is 9.66. The van der Waals surface area contributed by atoms with E-state index in [0.717, 1.165) is 0 Å². The topological polar surface area (TPSA) is 63.3 Å². The van der Waals surface area contributed by atoms with Crippen LogP contribution >= 0.6 is 0 Å². The van der Waals surface area contributed by atoms with Crippen LogP contribution in [0.5, 0.6) is 0 Å². The molecule has 0 aromatic rings. The molecule has 0 saturated carbocycles. The molecular formula is C3H6FNO2. The van der Waals surface area contributed by atoms with E-state index in [1.807, 2.05) is 0 Å². The predicted molar refractivity (Wildman–Crippen MR) is 21.2 cm³/mol. The molecule has 0 heterocycles. The molecule has 3 nitrogen and oxygen atoms in total. The molecule has 0 bridgehead atoms. The number of aliphatic hydroxyl groups is 1. The van der Waals surface area contributed by atoms with E-state index < -0.39 is 18.7 Å². The number of carbonyl (C=O) groups excluding carboxylic acids is 1. The number of amides is 1. The van der Waals surface area contributed by atoms with E-state index in [1.54, 1.807) is 0 Å². The molecule has 0 aromatic heterocycles. The molecule has 0 fully saturated rings. The van der Waals surface area contributed by atoms with E-state index in [4.69, 9.17) is 5.11 Å². The first-order valence-electron chi connectivity index (χ1n) is 1.72. The molecule has 0 aliphatic carbocycles. The Kier molecular flexibility index (Phi) is 2.29. The summed E-state index contributed by atoms with van der Waals surface area (Å²) in [5.74, 6) is -1.03. The van der Waals surface area contributed by atoms with E-state index in [9.17, 15) is 9.18 Å². The van der Waals surface area contributed by atoms with E-state index in [0.29, 0.717) is 0 Å². The maximum Gasteiger partial charge on any atom is 0.249 e. The summed E-state index contributed by atoms with van der Waals surface area (Å²) in [7, 11) is 0. The molecule has 0 saturated heterocycles. The lowest BCUT2D eigenvalue weighted by atomic mass is 10.4. The van der Waals surface area contributed by atoms with E-state index in [1.165, 1.54) is 0 Å². The molecule has 0 aliphatic heterocycles. The number of rotatable bonds is 2. The standard InChI is InChI=1S/C3H6FNO2/c4-1-2(6)3(5)7/h2,6H,1H2,(H2,5,7). The summed E-state index contributed by atoms with van der Waals surface area (Å²) in [6.45, 7) is -1.10. The van der Waals surface area contributed by atoms with E-state index in [-0.39, 0.29) is 0 Å². The first-order valence-corrected chi connectivity index (χ1v) is 1.72. The number of alkyl halides is 1. The second-order valence-corrected chi connectivity index (χ2v) is 1.07. The Morgan fingerprint density at radius 2 is 2.43 bits per heavy atom. The third kappa shape index (κ3) is 2.11. The van der Waals surface area contributed by atoms with E-state index >= 15 is 0 Å². The molecule has 1 unspecified atom stereocenters. The second kappa shape index (κ2) is 2.52. The van der Waals surface area contributed by atoms with Crippen LogP contribution in [-0.2, 0) is 4.79 Å². The van der Waals surface area contributed by atoms with Gasteiger partial charge in [-0.15, -0.1) is 0 Å². The predicted octanol–water partition coefficient (Wildman–Crippen LogP) is -1.20. The number of halogens is 1. The van der Waals surface area contributed by atoms with Gasteiger partial charge in [0.1, 0.15) is 6.67 Å². The summed E-state index contributed by atoms with van der Waals surface area (Å²) in [6, 6.07) is 0. The Morgan fingerprint density at radius 1 is 2.00 bits per heavy atom. The van der Waals surface area contributed by atoms with Gasteiger partial charge in [0.15, 0.2) is 6.10 Å². The van der Waals surface area contributed by atoms with E-state index in [2.05, 4.69) is 5.73 Å². The summed E-state index contributed by atoms with van der Waals surface area (Å²) < 4.78 is 11.1. The molecule has 1 amide bonds. The zero-order valence-corrected chi connectivity index (χ0v) is 3.60. The molecule has 0 aromatic carbocycles. The maximum absolute atomic E-state index is 11.1. The third-order valence-electron chi connectivity index (χ3n) is 0.475. The van der Waals surface area contributed by atoms with Gasteiger partial charge in [0, 0.05) is 0 Å². The minimum atomic E-state index is -1.63. The quantitative estimate of drug-likeness (QED) is 0.465. The molecule has 3 N–H and O–H groups in total. The first kappa shape index (κ1) is 6.36. The highest BCUT2D eigenvalue weighted by Crippen LogP contribution is 1.78. The summed E-state index contributed by atoms with van der Waals surface area (Å²) in [5, 5.41) is 8.09. The SMILES string of the molecule is NC(=O)C(O)CF. The molecule has 0 aliphatic rings. The Morgan fingerprint density at radius 3 is 2.43 bits per heavy atom. The highest BCUT2D eigenvalue weighted by Gasteiger charge is 2.07. The van der Waals surface area contributed by atoms with Crippen LogP contribution in [0.1, 0.15) is 0 Å². The normalized spacial score (nSPS) is 13.4. The van der Waals surface area contributed by atoms with Crippen molar-refractivity contribution in [2.75, 3.05) is 6.67 Å². The zero-order chi connectivity index (χ0) is 5.86. The van der Waals surface area contributed by atoms with Gasteiger partial charge in [0.25, 0.3) is 0 Å². The van der Waals surface area contributed by atoms with Gasteiger partial charge in [-0.2, -0.15) is 0 Å². The van der Waals surface area contributed by atoms with Crippen LogP contribution in [0.3, 0.4) is 0 Å². The first-order chi connectivity index (χ1) is 3.18. The zero-order valence-electron chi connectivity index (χ0n) is 3.60. The van der Waals surface area contributed by atoms with Crippen molar-refractivity contribution >= 4 is 5.91 Å². The van der Waals surface area contributed by atoms with Crippen LogP contribution in [0.25, 0.3) is 0 Å². The molecule has 4 heteroatoms. The minimum Gasteiger partial charge on any atom is -0.381 e. The van der Waals surface area contributed by atoms with Crippen molar-refractivity contribution in [2.24, 2.45) is 5.73 Å². The van der Waals surface area contributed by atoms with Crippen LogP contribution in [-0.4, -0.2) is 23.8 Å². The lowest BCUT2D eigenvalue weighted by molar-refractivity contribution is -0.126. The van der Waals surface area contributed by atoms with Gasteiger partial charge in [-0.25, -0.2) is 4.39 Å². The highest BCUT2D eigenvalue weighted by atomic mass is 19.1. The van der Waals surface area contributed by atoms with Crippen molar-refractivity contribution in [1.82, 2.24) is 0 Å². The number of hydrogen-bond donors (Lipinski definition) is 2. The smallest absolute Gasteiger partial charge is 0.249 e. The number of hydrogen-bond acceptors (Lipinski definition) is 2. The number of primary amides is 1. The number of nitrogens with two attached hydrogens (primary N) is 1. The van der Waals surface area contributed by atoms with Gasteiger partial charge in [-0.1, -0.05) is 0 Å². The molecule has 0 rings (SSSR count). The van der Waals surface area contributed by atoms with Crippen molar-refractivity contribution in [3.05, 3.63) is 0 Å². The largest absolute Gasteiger partial charge is 0.381 e. The van der Waals surface area contributed by atoms with Crippen LogP contribution in [0.2, 0.25) is 0 Å². The van der Waals surface area contributed by atoms with Gasteiger partial charge in [0.2, 0.25) is 5.91 Å². The van der Waals surface area contributed by atoms with Gasteiger partial charge in [-0.3, -0.25) is 4.79 Å². The molecule has 1 atom stereocenters. The van der Waals surface area contributed by atoms with Crippen molar-refractivity contribution in [3.63, 3.8) is 0 Å². The average molecular weight is 107 g/mol. The fraction of sp³-hybridized carbons (Fsp3) is 0.667. The third-order valence-corrected chi connectivity index (χ3v) is 0.475. The van der Waals surface area contributed by atoms with Crippen molar-refractivity contribution in [3.8, 4) is 0 Å². The van der Waals surface area contributed by atoms with Gasteiger partial charge < -0.3 is 10.8 Å². The summed E-state index contributed by atoms with van der Waals surface area (Å²) >= 11 is 0. The highest BCUT2D eigenvalue weighted by molar-refractivity contribution is 5.78. The lowest BCUT2D eigenvalue weighted by Crippen LogP contribution is -2.29. The van der Waals surface area contributed by atoms with Crippen molar-refractivity contribution in [2.45, 2.75) is 6.10 Å². The molecule has 7 heavy (non-hydrogen) atoms. The van der Waals surface area contributed by atoms with Gasteiger partial charge in [0.05, 0.1) is 0 Å². The molecular weight excluding hydrogens is 101 g/mol. The minimum absolute atomic E-state index is 1.03. The monoisotopic (exact) mass is 107 g/mol. The Bertz CT molecular complexity index is 75.3. The fourth-order valence-electron chi connectivity index (χ4n) is 0.0760. The fourth-order valence-corrected chi connectivity index (χ4v) is 0.0760. The van der Waals surface area contributed by atoms with Crippen LogP contribution in [0.15, 0.2) is 0 Å². The van der Waals surface area contributed by atoms with Gasteiger partial charge >= 0.3 is 0 Å². The van der Waals surface area contributed by atoms with Crippen molar-refractivity contribution < 1.29 is 14.3 Å². The summed E-state index contributed by atoms with van der Waals surface area (Å²) in [6.07, 6.45) is -1.63. The molecule has 0 radical (unpaired) electrons. The molecule has 0 spiro atoms. The van der Waals surface area contributed by atoms with Crippen molar-refractivity contribution in [1.29, 1.82) is 0 Å². The summed E-state index contributed by atoms with van der Waals surface area (Å²) in [5.41, 5.74) is 4.42. The second-order valence-electron chi connectivity index (χ2n) is 1.07. The lowest BCUT2D eigenvalue weighted by Gasteiger charge is -1.94. The average Bonchev–Trinajstić information content (AvgIpc) is 1.65. The molecule has 42 valence electrons. The van der Waals surface area contributed by atoms with Crippen LogP contribution in [0.4, 0.5) is 4.39 Å². The van der Waals surface area contributed by atoms with Crippen LogP contribution < -0.4 is 5.73 Å². The Labute approximate surface area is 39.9 Å². The number of carbonyl (C=O) groups is 1. The number of aliphatic hydroxyl groups excluding tert-OH is 1. The van der Waals surface area contributed by atoms with Crippen LogP contribution in [0, 0.1) is 0 Å². The maximum atomic E-state index is 11.1. The Balaban J connectivity index is 3.34. The van der Waals surface area contributed by atoms with Gasteiger partial charge in [-0.05, 0) is 0 Å².